The highest BCUT2D eigenvalue weighted by atomic mass is 16.6. The Morgan fingerprint density at radius 2 is 1.74 bits per heavy atom. The molecule has 1 amide bonds. The van der Waals surface area contributed by atoms with Crippen LogP contribution < -0.4 is 5.32 Å². The van der Waals surface area contributed by atoms with Gasteiger partial charge in [-0.05, 0) is 24.6 Å². The molecule has 0 radical (unpaired) electrons. The molecule has 2 rings (SSSR count). The fraction of sp³-hybridized carbons (Fsp3) is 0.0714. The van der Waals surface area contributed by atoms with Crippen LogP contribution in [-0.2, 0) is 0 Å². The Balaban J connectivity index is 2.30. The Hall–Kier alpha value is -2.69. The summed E-state index contributed by atoms with van der Waals surface area (Å²) in [6.45, 7) is 1.81. The normalized spacial score (nSPS) is 9.95. The lowest BCUT2D eigenvalue weighted by molar-refractivity contribution is -0.383. The molecule has 0 aliphatic heterocycles. The van der Waals surface area contributed by atoms with Gasteiger partial charge in [-0.3, -0.25) is 14.9 Å². The predicted octanol–water partition coefficient (Wildman–Crippen LogP) is 3.16. The lowest BCUT2D eigenvalue weighted by Crippen LogP contribution is -2.14. The van der Waals surface area contributed by atoms with E-state index in [1.807, 2.05) is 19.1 Å². The highest BCUT2D eigenvalue weighted by molar-refractivity contribution is 6.06. The number of nitrogens with one attached hydrogen (secondary N) is 1. The van der Waals surface area contributed by atoms with Gasteiger partial charge >= 0.3 is 0 Å². The fourth-order valence-corrected chi connectivity index (χ4v) is 1.76. The summed E-state index contributed by atoms with van der Waals surface area (Å²) < 4.78 is 0. The number of amides is 1. The van der Waals surface area contributed by atoms with Crippen LogP contribution in [0.4, 0.5) is 11.4 Å². The van der Waals surface area contributed by atoms with Crippen LogP contribution in [0.3, 0.4) is 0 Å². The quantitative estimate of drug-likeness (QED) is 0.677. The standard InChI is InChI=1S/C14H12N2O3/c1-10-6-2-3-7-11(10)14(17)15-12-8-4-5-9-13(12)16(18)19/h2-9H,1H3,(H,15,17). The van der Waals surface area contributed by atoms with E-state index in [0.717, 1.165) is 5.56 Å². The zero-order valence-corrected chi connectivity index (χ0v) is 10.3. The molecule has 0 bridgehead atoms. The van der Waals surface area contributed by atoms with Gasteiger partial charge in [0.1, 0.15) is 5.69 Å². The molecular weight excluding hydrogens is 244 g/mol. The van der Waals surface area contributed by atoms with Gasteiger partial charge in [0.05, 0.1) is 4.92 Å². The molecule has 0 unspecified atom stereocenters. The van der Waals surface area contributed by atoms with Crippen LogP contribution in [0.2, 0.25) is 0 Å². The van der Waals surface area contributed by atoms with Crippen molar-refractivity contribution in [1.29, 1.82) is 0 Å². The number of rotatable bonds is 3. The van der Waals surface area contributed by atoms with Crippen LogP contribution in [-0.4, -0.2) is 10.8 Å². The number of benzene rings is 2. The number of hydrogen-bond acceptors (Lipinski definition) is 3. The van der Waals surface area contributed by atoms with E-state index in [-0.39, 0.29) is 17.3 Å². The molecule has 2 aromatic carbocycles. The van der Waals surface area contributed by atoms with E-state index in [2.05, 4.69) is 5.32 Å². The van der Waals surface area contributed by atoms with Crippen molar-refractivity contribution in [1.82, 2.24) is 0 Å². The first-order chi connectivity index (χ1) is 9.09. The molecule has 0 spiro atoms. The third-order valence-corrected chi connectivity index (χ3v) is 2.74. The summed E-state index contributed by atoms with van der Waals surface area (Å²) in [4.78, 5) is 22.4. The molecule has 0 fully saturated rings. The zero-order valence-electron chi connectivity index (χ0n) is 10.3. The summed E-state index contributed by atoms with van der Waals surface area (Å²) >= 11 is 0. The van der Waals surface area contributed by atoms with Gasteiger partial charge in [-0.2, -0.15) is 0 Å². The molecule has 96 valence electrons. The highest BCUT2D eigenvalue weighted by Crippen LogP contribution is 2.24. The van der Waals surface area contributed by atoms with Crippen LogP contribution in [0.5, 0.6) is 0 Å². The van der Waals surface area contributed by atoms with E-state index >= 15 is 0 Å². The average molecular weight is 256 g/mol. The number of anilines is 1. The van der Waals surface area contributed by atoms with Gasteiger partial charge < -0.3 is 5.32 Å². The van der Waals surface area contributed by atoms with E-state index < -0.39 is 4.92 Å². The van der Waals surface area contributed by atoms with E-state index in [1.165, 1.54) is 12.1 Å². The smallest absolute Gasteiger partial charge is 0.292 e. The van der Waals surface area contributed by atoms with Crippen molar-refractivity contribution in [3.05, 3.63) is 69.8 Å². The molecule has 0 aromatic heterocycles. The summed E-state index contributed by atoms with van der Waals surface area (Å²) in [6.07, 6.45) is 0. The second kappa shape index (κ2) is 5.30. The monoisotopic (exact) mass is 256 g/mol. The number of para-hydroxylation sites is 2. The molecule has 5 heteroatoms. The van der Waals surface area contributed by atoms with Gasteiger partial charge in [0, 0.05) is 11.6 Å². The van der Waals surface area contributed by atoms with Crippen LogP contribution in [0, 0.1) is 17.0 Å². The highest BCUT2D eigenvalue weighted by Gasteiger charge is 2.16. The molecule has 0 aliphatic carbocycles. The zero-order chi connectivity index (χ0) is 13.8. The van der Waals surface area contributed by atoms with Crippen molar-refractivity contribution in [3.8, 4) is 0 Å². The van der Waals surface area contributed by atoms with Gasteiger partial charge in [0.25, 0.3) is 11.6 Å². The lowest BCUT2D eigenvalue weighted by Gasteiger charge is -2.07. The van der Waals surface area contributed by atoms with Gasteiger partial charge in [0.15, 0.2) is 0 Å². The average Bonchev–Trinajstić information content (AvgIpc) is 2.39. The Morgan fingerprint density at radius 3 is 2.42 bits per heavy atom. The summed E-state index contributed by atoms with van der Waals surface area (Å²) in [6, 6.07) is 13.1. The third-order valence-electron chi connectivity index (χ3n) is 2.74. The van der Waals surface area contributed by atoms with Crippen LogP contribution in [0.1, 0.15) is 15.9 Å². The maximum absolute atomic E-state index is 12.1. The Kier molecular flexibility index (Phi) is 3.56. The van der Waals surface area contributed by atoms with Crippen molar-refractivity contribution < 1.29 is 9.72 Å². The fourth-order valence-electron chi connectivity index (χ4n) is 1.76. The minimum Gasteiger partial charge on any atom is -0.316 e. The number of nitro benzene ring substituents is 1. The number of carbonyl (C=O) groups excluding carboxylic acids is 1. The summed E-state index contributed by atoms with van der Waals surface area (Å²) in [5, 5.41) is 13.4. The second-order valence-electron chi connectivity index (χ2n) is 4.04. The van der Waals surface area contributed by atoms with Crippen molar-refractivity contribution in [3.63, 3.8) is 0 Å². The SMILES string of the molecule is Cc1ccccc1C(=O)Nc1ccccc1[N+](=O)[O-]. The Labute approximate surface area is 110 Å². The molecule has 0 saturated carbocycles. The minimum absolute atomic E-state index is 0.121. The summed E-state index contributed by atoms with van der Waals surface area (Å²) in [5.74, 6) is -0.354. The Bertz CT molecular complexity index is 638. The van der Waals surface area contributed by atoms with Gasteiger partial charge in [-0.25, -0.2) is 0 Å². The van der Waals surface area contributed by atoms with Crippen LogP contribution >= 0.6 is 0 Å². The largest absolute Gasteiger partial charge is 0.316 e. The summed E-state index contributed by atoms with van der Waals surface area (Å²) in [7, 11) is 0. The van der Waals surface area contributed by atoms with E-state index in [9.17, 15) is 14.9 Å². The number of hydrogen-bond donors (Lipinski definition) is 1. The van der Waals surface area contributed by atoms with Crippen molar-refractivity contribution in [2.75, 3.05) is 5.32 Å². The maximum atomic E-state index is 12.1. The Morgan fingerprint density at radius 1 is 1.11 bits per heavy atom. The van der Waals surface area contributed by atoms with Crippen LogP contribution in [0.25, 0.3) is 0 Å². The molecule has 0 saturated heterocycles. The van der Waals surface area contributed by atoms with Gasteiger partial charge in [0.2, 0.25) is 0 Å². The number of nitro groups is 1. The molecule has 0 aliphatic rings. The van der Waals surface area contributed by atoms with Crippen molar-refractivity contribution in [2.24, 2.45) is 0 Å². The van der Waals surface area contributed by atoms with Gasteiger partial charge in [-0.15, -0.1) is 0 Å². The number of nitrogens with zero attached hydrogens (tertiary/aromatic N) is 1. The first-order valence-electron chi connectivity index (χ1n) is 5.70. The van der Waals surface area contributed by atoms with E-state index in [4.69, 9.17) is 0 Å². The first-order valence-corrected chi connectivity index (χ1v) is 5.70. The summed E-state index contributed by atoms with van der Waals surface area (Å²) in [5.41, 5.74) is 1.39. The predicted molar refractivity (Wildman–Crippen MR) is 72.2 cm³/mol. The molecule has 0 atom stereocenters. The minimum atomic E-state index is -0.520. The molecule has 0 heterocycles. The van der Waals surface area contributed by atoms with E-state index in [0.29, 0.717) is 5.56 Å². The molecule has 19 heavy (non-hydrogen) atoms. The third kappa shape index (κ3) is 2.77. The first kappa shape index (κ1) is 12.8. The van der Waals surface area contributed by atoms with Gasteiger partial charge in [-0.1, -0.05) is 30.3 Å². The molecule has 5 nitrogen and oxygen atoms in total. The topological polar surface area (TPSA) is 72.2 Å². The van der Waals surface area contributed by atoms with Crippen LogP contribution in [0.15, 0.2) is 48.5 Å². The molecule has 1 N–H and O–H groups in total. The second-order valence-corrected chi connectivity index (χ2v) is 4.04. The number of carbonyl (C=O) groups is 1. The van der Waals surface area contributed by atoms with Crippen molar-refractivity contribution in [2.45, 2.75) is 6.92 Å². The maximum Gasteiger partial charge on any atom is 0.292 e. The molecule has 2 aromatic rings. The lowest BCUT2D eigenvalue weighted by atomic mass is 10.1. The van der Waals surface area contributed by atoms with Crippen molar-refractivity contribution >= 4 is 17.3 Å². The number of aryl methyl sites for hydroxylation is 1. The van der Waals surface area contributed by atoms with E-state index in [1.54, 1.807) is 24.3 Å². The molecular formula is C14H12N2O3.